The molecule has 0 heterocycles. The van der Waals surface area contributed by atoms with E-state index in [9.17, 15) is 13.6 Å². The van der Waals surface area contributed by atoms with Crippen molar-refractivity contribution < 1.29 is 17.7 Å². The van der Waals surface area contributed by atoms with Crippen molar-refractivity contribution in [3.05, 3.63) is 35.4 Å². The van der Waals surface area contributed by atoms with Gasteiger partial charge in [-0.2, -0.15) is 0 Å². The quantitative estimate of drug-likeness (QED) is 0.792. The molecule has 23 heavy (non-hydrogen) atoms. The van der Waals surface area contributed by atoms with Crippen molar-refractivity contribution in [2.45, 2.75) is 47.0 Å². The van der Waals surface area contributed by atoms with Crippen molar-refractivity contribution in [3.8, 4) is 0 Å². The maximum Gasteiger partial charge on any atom is 0.142 e. The van der Waals surface area contributed by atoms with E-state index in [4.69, 9.17) is 0 Å². The molecule has 1 aromatic rings. The maximum absolute atomic E-state index is 11.9. The Morgan fingerprint density at radius 3 is 2.09 bits per heavy atom. The third kappa shape index (κ3) is 3.57. The third-order valence-electron chi connectivity index (χ3n) is 5.76. The van der Waals surface area contributed by atoms with E-state index < -0.39 is 16.8 Å². The van der Waals surface area contributed by atoms with Crippen molar-refractivity contribution in [1.82, 2.24) is 0 Å². The van der Waals surface area contributed by atoms with Crippen LogP contribution in [0, 0.1) is 30.6 Å². The minimum atomic E-state index is -2.52. The highest BCUT2D eigenvalue weighted by Crippen LogP contribution is 2.63. The number of fused-ring (bicyclic) bond motifs is 2. The van der Waals surface area contributed by atoms with Gasteiger partial charge in [0.05, 0.1) is 23.4 Å². The zero-order valence-electron chi connectivity index (χ0n) is 14.3. The van der Waals surface area contributed by atoms with Crippen molar-refractivity contribution in [3.63, 3.8) is 0 Å². The highest BCUT2D eigenvalue weighted by atomic mass is 32.2. The molecule has 2 aliphatic carbocycles. The molecule has 0 amide bonds. The topological polar surface area (TPSA) is 66.4 Å². The SMILES string of the molecule is CC1(C)C2CCC1(COS(=O)[O-])C(=O)C2.Cc1ccc(C)cc1. The molecule has 2 aliphatic rings. The molecule has 3 unspecified atom stereocenters. The highest BCUT2D eigenvalue weighted by molar-refractivity contribution is 7.74. The Kier molecular flexibility index (Phi) is 5.44. The van der Waals surface area contributed by atoms with Crippen LogP contribution in [-0.2, 0) is 20.3 Å². The summed E-state index contributed by atoms with van der Waals surface area (Å²) in [7, 11) is 0. The number of hydrogen-bond donors (Lipinski definition) is 0. The molecule has 0 saturated heterocycles. The van der Waals surface area contributed by atoms with Crippen molar-refractivity contribution >= 4 is 17.1 Å². The van der Waals surface area contributed by atoms with E-state index in [1.54, 1.807) is 0 Å². The second-order valence-electron chi connectivity index (χ2n) is 7.29. The molecule has 0 radical (unpaired) electrons. The van der Waals surface area contributed by atoms with Crippen LogP contribution < -0.4 is 0 Å². The Hall–Kier alpha value is -1.04. The van der Waals surface area contributed by atoms with Crippen molar-refractivity contribution in [1.29, 1.82) is 0 Å². The first-order chi connectivity index (χ1) is 10.7. The average Bonchev–Trinajstić information content (AvgIpc) is 2.83. The van der Waals surface area contributed by atoms with Crippen LogP contribution in [0.1, 0.15) is 44.2 Å². The number of rotatable bonds is 3. The number of Topliss-reactive ketones (excluding diaryl/α,β-unsaturated/α-hetero) is 1. The van der Waals surface area contributed by atoms with Gasteiger partial charge in [0, 0.05) is 6.42 Å². The minimum absolute atomic E-state index is 0.0193. The van der Waals surface area contributed by atoms with Gasteiger partial charge in [-0.15, -0.1) is 0 Å². The molecule has 5 heteroatoms. The van der Waals surface area contributed by atoms with E-state index >= 15 is 0 Å². The smallest absolute Gasteiger partial charge is 0.142 e. The first kappa shape index (κ1) is 18.3. The molecule has 3 rings (SSSR count). The van der Waals surface area contributed by atoms with Crippen molar-refractivity contribution in [2.75, 3.05) is 6.61 Å². The summed E-state index contributed by atoms with van der Waals surface area (Å²) in [6.45, 7) is 8.31. The van der Waals surface area contributed by atoms with Crippen LogP contribution in [0.25, 0.3) is 0 Å². The van der Waals surface area contributed by atoms with E-state index in [-0.39, 0.29) is 17.8 Å². The fourth-order valence-corrected chi connectivity index (χ4v) is 4.19. The van der Waals surface area contributed by atoms with Crippen molar-refractivity contribution in [2.24, 2.45) is 16.7 Å². The van der Waals surface area contributed by atoms with Crippen LogP contribution in [0.3, 0.4) is 0 Å². The summed E-state index contributed by atoms with van der Waals surface area (Å²) < 4.78 is 25.5. The summed E-state index contributed by atoms with van der Waals surface area (Å²) in [6, 6.07) is 8.48. The first-order valence-corrected chi connectivity index (χ1v) is 8.98. The second-order valence-corrected chi connectivity index (χ2v) is 7.93. The lowest BCUT2D eigenvalue weighted by Gasteiger charge is -2.36. The summed E-state index contributed by atoms with van der Waals surface area (Å²) in [4.78, 5) is 11.9. The van der Waals surface area contributed by atoms with Gasteiger partial charge in [-0.1, -0.05) is 49.2 Å². The molecule has 128 valence electrons. The Morgan fingerprint density at radius 1 is 1.22 bits per heavy atom. The number of ketones is 1. The van der Waals surface area contributed by atoms with Gasteiger partial charge in [0.2, 0.25) is 0 Å². The molecular formula is C18H25O4S-. The third-order valence-corrected chi connectivity index (χ3v) is 6.07. The molecule has 0 aliphatic heterocycles. The Balaban J connectivity index is 0.000000203. The number of hydrogen-bond acceptors (Lipinski definition) is 4. The van der Waals surface area contributed by atoms with Crippen LogP contribution in [0.5, 0.6) is 0 Å². The van der Waals surface area contributed by atoms with Gasteiger partial charge in [0.25, 0.3) is 0 Å². The molecule has 0 N–H and O–H groups in total. The molecule has 2 saturated carbocycles. The van der Waals surface area contributed by atoms with Gasteiger partial charge < -0.3 is 4.55 Å². The lowest BCUT2D eigenvalue weighted by molar-refractivity contribution is -0.131. The monoisotopic (exact) mass is 337 g/mol. The highest BCUT2D eigenvalue weighted by Gasteiger charge is 2.64. The van der Waals surface area contributed by atoms with Gasteiger partial charge >= 0.3 is 0 Å². The standard InChI is InChI=1S/C10H16O4S.C8H10/c1-9(2)7-3-4-10(9,8(11)5-7)6-14-15(12)13;1-7-3-5-8(2)6-4-7/h7H,3-6H2,1-2H3,(H,12,13);3-6H,1-2H3/p-1. The lowest BCUT2D eigenvalue weighted by Crippen LogP contribution is -2.40. The van der Waals surface area contributed by atoms with E-state index in [2.05, 4.69) is 42.3 Å². The molecule has 4 nitrogen and oxygen atoms in total. The number of benzene rings is 1. The fraction of sp³-hybridized carbons (Fsp3) is 0.611. The zero-order valence-corrected chi connectivity index (χ0v) is 15.1. The van der Waals surface area contributed by atoms with Gasteiger partial charge in [-0.25, -0.2) is 4.21 Å². The van der Waals surface area contributed by atoms with Crippen LogP contribution in [0.15, 0.2) is 24.3 Å². The molecule has 0 aromatic heterocycles. The summed E-state index contributed by atoms with van der Waals surface area (Å²) in [5.41, 5.74) is 1.98. The molecule has 2 bridgehead atoms. The molecule has 2 fully saturated rings. The molecule has 1 aromatic carbocycles. The van der Waals surface area contributed by atoms with E-state index in [0.29, 0.717) is 12.3 Å². The normalized spacial score (nSPS) is 29.1. The predicted octanol–water partition coefficient (Wildman–Crippen LogP) is 3.50. The maximum atomic E-state index is 11.9. The van der Waals surface area contributed by atoms with E-state index in [1.807, 2.05) is 13.8 Å². The van der Waals surface area contributed by atoms with Crippen LogP contribution in [0.2, 0.25) is 0 Å². The molecule has 0 spiro atoms. The van der Waals surface area contributed by atoms with Gasteiger partial charge in [0.1, 0.15) is 5.78 Å². The average molecular weight is 337 g/mol. The van der Waals surface area contributed by atoms with Gasteiger partial charge in [-0.3, -0.25) is 8.98 Å². The molecule has 3 atom stereocenters. The van der Waals surface area contributed by atoms with Gasteiger partial charge in [0.15, 0.2) is 0 Å². The Labute approximate surface area is 141 Å². The number of aryl methyl sites for hydroxylation is 2. The summed E-state index contributed by atoms with van der Waals surface area (Å²) in [5.74, 6) is 0.572. The lowest BCUT2D eigenvalue weighted by atomic mass is 9.69. The summed E-state index contributed by atoms with van der Waals surface area (Å²) >= 11 is -2.52. The summed E-state index contributed by atoms with van der Waals surface area (Å²) in [5, 5.41) is 0. The number of carbonyl (C=O) groups excluding carboxylic acids is 1. The van der Waals surface area contributed by atoms with Crippen LogP contribution in [-0.4, -0.2) is 21.2 Å². The fourth-order valence-electron chi connectivity index (χ4n) is 3.89. The van der Waals surface area contributed by atoms with Crippen LogP contribution >= 0.6 is 0 Å². The zero-order chi connectivity index (χ0) is 17.3. The van der Waals surface area contributed by atoms with Gasteiger partial charge in [-0.05, 0) is 38.0 Å². The molecular weight excluding hydrogens is 312 g/mol. The second kappa shape index (κ2) is 6.83. The first-order valence-electron chi connectivity index (χ1n) is 7.98. The largest absolute Gasteiger partial charge is 0.750 e. The minimum Gasteiger partial charge on any atom is -0.750 e. The van der Waals surface area contributed by atoms with E-state index in [0.717, 1.165) is 12.8 Å². The Bertz CT molecular complexity index is 573. The van der Waals surface area contributed by atoms with Crippen LogP contribution in [0.4, 0.5) is 0 Å². The van der Waals surface area contributed by atoms with E-state index in [1.165, 1.54) is 11.1 Å². The predicted molar refractivity (Wildman–Crippen MR) is 89.3 cm³/mol. The number of carbonyl (C=O) groups is 1. The summed E-state index contributed by atoms with van der Waals surface area (Å²) in [6.07, 6.45) is 2.36. The Morgan fingerprint density at radius 2 is 1.74 bits per heavy atom.